The minimum absolute atomic E-state index is 0.103. The summed E-state index contributed by atoms with van der Waals surface area (Å²) in [6.07, 6.45) is 1.46. The van der Waals surface area contributed by atoms with Gasteiger partial charge in [0, 0.05) is 26.0 Å². The molecule has 1 aliphatic rings. The lowest BCUT2D eigenvalue weighted by atomic mass is 10.3. The monoisotopic (exact) mass is 262 g/mol. The van der Waals surface area contributed by atoms with Gasteiger partial charge in [-0.3, -0.25) is 14.9 Å². The smallest absolute Gasteiger partial charge is 0.303 e. The lowest BCUT2D eigenvalue weighted by Gasteiger charge is -2.07. The van der Waals surface area contributed by atoms with Crippen molar-refractivity contribution in [2.24, 2.45) is 0 Å². The van der Waals surface area contributed by atoms with E-state index >= 15 is 0 Å². The maximum absolute atomic E-state index is 11.0. The van der Waals surface area contributed by atoms with E-state index in [4.69, 9.17) is 4.74 Å². The van der Waals surface area contributed by atoms with Gasteiger partial charge < -0.3 is 9.30 Å². The molecule has 1 aliphatic heterocycles. The average Bonchev–Trinajstić information content (AvgIpc) is 2.88. The van der Waals surface area contributed by atoms with Crippen molar-refractivity contribution in [3.63, 3.8) is 0 Å². The summed E-state index contributed by atoms with van der Waals surface area (Å²) in [6.45, 7) is 1.98. The first-order valence-corrected chi connectivity index (χ1v) is 5.74. The van der Waals surface area contributed by atoms with Crippen molar-refractivity contribution in [1.82, 2.24) is 14.5 Å². The summed E-state index contributed by atoms with van der Waals surface area (Å²) in [6, 6.07) is 1.37. The van der Waals surface area contributed by atoms with E-state index in [2.05, 4.69) is 9.97 Å². The van der Waals surface area contributed by atoms with Crippen LogP contribution in [0.5, 0.6) is 0 Å². The molecule has 3 rings (SSSR count). The summed E-state index contributed by atoms with van der Waals surface area (Å²) in [5, 5.41) is 10.7. The molecule has 8 heteroatoms. The topological polar surface area (TPSA) is 100 Å². The third-order valence-electron chi connectivity index (χ3n) is 3.02. The first kappa shape index (κ1) is 11.6. The zero-order valence-electron chi connectivity index (χ0n) is 10.1. The number of imidazole rings is 1. The fraction of sp³-hybridized carbons (Fsp3) is 0.364. The number of carbonyl (C=O) groups is 1. The summed E-state index contributed by atoms with van der Waals surface area (Å²) in [7, 11) is 0. The largest absolute Gasteiger partial charge is 0.454 e. The number of hydrogen-bond acceptors (Lipinski definition) is 6. The summed E-state index contributed by atoms with van der Waals surface area (Å²) < 4.78 is 6.99. The number of aryl methyl sites for hydroxylation is 1. The Morgan fingerprint density at radius 1 is 1.63 bits per heavy atom. The first-order valence-electron chi connectivity index (χ1n) is 5.74. The number of nitro groups is 1. The number of nitrogens with zero attached hydrogens (tertiary/aromatic N) is 4. The molecule has 0 spiro atoms. The standard InChI is InChI=1S/C11H10N4O4/c1-6(16)19-9-2-3-14-10-8(13-11(9)14)4-7(5-12-10)15(17)18/h4-5,9H,2-3H2,1H3. The molecule has 19 heavy (non-hydrogen) atoms. The van der Waals surface area contributed by atoms with E-state index in [1.165, 1.54) is 19.2 Å². The van der Waals surface area contributed by atoms with Crippen molar-refractivity contribution in [1.29, 1.82) is 0 Å². The van der Waals surface area contributed by atoms with Crippen molar-refractivity contribution in [3.05, 3.63) is 28.2 Å². The van der Waals surface area contributed by atoms with Crippen LogP contribution in [-0.2, 0) is 16.1 Å². The van der Waals surface area contributed by atoms with E-state index < -0.39 is 11.0 Å². The molecule has 0 N–H and O–H groups in total. The fourth-order valence-corrected chi connectivity index (χ4v) is 2.27. The normalized spacial score (nSPS) is 17.4. The maximum Gasteiger partial charge on any atom is 0.303 e. The van der Waals surface area contributed by atoms with E-state index in [-0.39, 0.29) is 11.7 Å². The van der Waals surface area contributed by atoms with Gasteiger partial charge in [-0.05, 0) is 0 Å². The van der Waals surface area contributed by atoms with Crippen molar-refractivity contribution in [2.45, 2.75) is 26.0 Å². The second-order valence-electron chi connectivity index (χ2n) is 4.30. The van der Waals surface area contributed by atoms with Crippen LogP contribution >= 0.6 is 0 Å². The Bertz CT molecular complexity index is 693. The van der Waals surface area contributed by atoms with Crippen LogP contribution in [0.1, 0.15) is 25.3 Å². The second kappa shape index (κ2) is 4.01. The zero-order chi connectivity index (χ0) is 13.6. The van der Waals surface area contributed by atoms with Gasteiger partial charge in [-0.1, -0.05) is 0 Å². The van der Waals surface area contributed by atoms with E-state index in [1.807, 2.05) is 4.57 Å². The lowest BCUT2D eigenvalue weighted by molar-refractivity contribution is -0.385. The Kier molecular flexibility index (Phi) is 2.44. The third kappa shape index (κ3) is 1.81. The van der Waals surface area contributed by atoms with E-state index in [0.717, 1.165) is 0 Å². The second-order valence-corrected chi connectivity index (χ2v) is 4.30. The highest BCUT2D eigenvalue weighted by Crippen LogP contribution is 2.32. The van der Waals surface area contributed by atoms with Crippen molar-refractivity contribution < 1.29 is 14.5 Å². The van der Waals surface area contributed by atoms with Crippen LogP contribution in [0, 0.1) is 10.1 Å². The molecule has 0 saturated carbocycles. The van der Waals surface area contributed by atoms with Gasteiger partial charge >= 0.3 is 5.97 Å². The van der Waals surface area contributed by atoms with Crippen LogP contribution in [-0.4, -0.2) is 25.4 Å². The predicted octanol–water partition coefficient (Wildman–Crippen LogP) is 1.35. The molecular formula is C11H10N4O4. The number of carbonyl (C=O) groups excluding carboxylic acids is 1. The van der Waals surface area contributed by atoms with Gasteiger partial charge in [0.2, 0.25) is 0 Å². The molecule has 3 heterocycles. The zero-order valence-corrected chi connectivity index (χ0v) is 10.1. The van der Waals surface area contributed by atoms with E-state index in [1.54, 1.807) is 0 Å². The van der Waals surface area contributed by atoms with Gasteiger partial charge in [0.1, 0.15) is 11.7 Å². The van der Waals surface area contributed by atoms with Crippen LogP contribution in [0.2, 0.25) is 0 Å². The SMILES string of the molecule is CC(=O)OC1CCn2c1nc1cc([N+](=O)[O-])cnc12. The molecular weight excluding hydrogens is 252 g/mol. The fourth-order valence-electron chi connectivity index (χ4n) is 2.27. The van der Waals surface area contributed by atoms with Crippen molar-refractivity contribution in [2.75, 3.05) is 0 Å². The van der Waals surface area contributed by atoms with Gasteiger partial charge in [-0.15, -0.1) is 0 Å². The highest BCUT2D eigenvalue weighted by molar-refractivity contribution is 5.74. The Morgan fingerprint density at radius 3 is 3.11 bits per heavy atom. The highest BCUT2D eigenvalue weighted by Gasteiger charge is 2.30. The van der Waals surface area contributed by atoms with Crippen LogP contribution in [0.4, 0.5) is 5.69 Å². The highest BCUT2D eigenvalue weighted by atomic mass is 16.6. The van der Waals surface area contributed by atoms with Gasteiger partial charge in [-0.25, -0.2) is 9.97 Å². The van der Waals surface area contributed by atoms with Crippen LogP contribution in [0.15, 0.2) is 12.3 Å². The molecule has 0 saturated heterocycles. The quantitative estimate of drug-likeness (QED) is 0.460. The summed E-state index contributed by atoms with van der Waals surface area (Å²) in [5.74, 6) is 0.225. The molecule has 1 atom stereocenters. The molecule has 0 aromatic carbocycles. The number of fused-ring (bicyclic) bond motifs is 3. The van der Waals surface area contributed by atoms with E-state index in [0.29, 0.717) is 30.0 Å². The minimum Gasteiger partial charge on any atom is -0.454 e. The lowest BCUT2D eigenvalue weighted by Crippen LogP contribution is -2.06. The van der Waals surface area contributed by atoms with Crippen LogP contribution in [0.25, 0.3) is 11.2 Å². The van der Waals surface area contributed by atoms with Crippen LogP contribution < -0.4 is 0 Å². The molecule has 98 valence electrons. The molecule has 2 aromatic rings. The Labute approximate surface area is 107 Å². The molecule has 2 aromatic heterocycles. The Balaban J connectivity index is 2.07. The molecule has 1 unspecified atom stereocenters. The molecule has 0 radical (unpaired) electrons. The molecule has 0 fully saturated rings. The van der Waals surface area contributed by atoms with Crippen molar-refractivity contribution >= 4 is 22.8 Å². The summed E-state index contributed by atoms with van der Waals surface area (Å²) in [4.78, 5) is 29.5. The van der Waals surface area contributed by atoms with Gasteiger partial charge in [0.05, 0.1) is 4.92 Å². The number of rotatable bonds is 2. The summed E-state index contributed by atoms with van der Waals surface area (Å²) >= 11 is 0. The molecule has 0 aliphatic carbocycles. The Morgan fingerprint density at radius 2 is 2.42 bits per heavy atom. The third-order valence-corrected chi connectivity index (χ3v) is 3.02. The number of pyridine rings is 1. The molecule has 0 amide bonds. The average molecular weight is 262 g/mol. The number of aromatic nitrogens is 3. The van der Waals surface area contributed by atoms with E-state index in [9.17, 15) is 14.9 Å². The van der Waals surface area contributed by atoms with Crippen LogP contribution in [0.3, 0.4) is 0 Å². The van der Waals surface area contributed by atoms with Gasteiger partial charge in [0.25, 0.3) is 5.69 Å². The number of ether oxygens (including phenoxy) is 1. The minimum atomic E-state index is -0.513. The summed E-state index contributed by atoms with van der Waals surface area (Å²) in [5.41, 5.74) is 0.921. The van der Waals surface area contributed by atoms with Crippen molar-refractivity contribution in [3.8, 4) is 0 Å². The molecule has 0 bridgehead atoms. The Hall–Kier alpha value is -2.51. The predicted molar refractivity (Wildman–Crippen MR) is 63.3 cm³/mol. The number of hydrogen-bond donors (Lipinski definition) is 0. The van der Waals surface area contributed by atoms with Gasteiger partial charge in [0.15, 0.2) is 17.6 Å². The number of esters is 1. The maximum atomic E-state index is 11.0. The first-order chi connectivity index (χ1) is 9.06. The van der Waals surface area contributed by atoms with Gasteiger partial charge in [-0.2, -0.15) is 0 Å². The molecule has 8 nitrogen and oxygen atoms in total.